The first-order valence-electron chi connectivity index (χ1n) is 6.06. The Balaban J connectivity index is 1.68. The minimum absolute atomic E-state index is 0.0362. The summed E-state index contributed by atoms with van der Waals surface area (Å²) in [5.74, 6) is 0.163. The van der Waals surface area contributed by atoms with Gasteiger partial charge in [0, 0.05) is 19.0 Å². The van der Waals surface area contributed by atoms with Crippen LogP contribution in [0.5, 0.6) is 0 Å². The Morgan fingerprint density at radius 3 is 2.88 bits per heavy atom. The quantitative estimate of drug-likeness (QED) is 0.608. The van der Waals surface area contributed by atoms with Gasteiger partial charge in [0.15, 0.2) is 0 Å². The Labute approximate surface area is 95.3 Å². The van der Waals surface area contributed by atoms with E-state index in [1.54, 1.807) is 0 Å². The van der Waals surface area contributed by atoms with Gasteiger partial charge in [-0.2, -0.15) is 0 Å². The molecule has 2 atom stereocenters. The summed E-state index contributed by atoms with van der Waals surface area (Å²) in [4.78, 5) is 22.7. The second kappa shape index (κ2) is 5.30. The number of rotatable bonds is 3. The summed E-state index contributed by atoms with van der Waals surface area (Å²) in [6.45, 7) is 1.49. The van der Waals surface area contributed by atoms with Crippen LogP contribution >= 0.6 is 0 Å². The van der Waals surface area contributed by atoms with E-state index in [1.165, 1.54) is 0 Å². The molecular formula is C11H19N3O2. The number of hydrogen-bond acceptors (Lipinski definition) is 3. The zero-order chi connectivity index (χ0) is 11.4. The zero-order valence-corrected chi connectivity index (χ0v) is 9.42. The highest BCUT2D eigenvalue weighted by Crippen LogP contribution is 2.08. The molecule has 0 radical (unpaired) electrons. The first kappa shape index (κ1) is 11.4. The lowest BCUT2D eigenvalue weighted by molar-refractivity contribution is -0.124. The van der Waals surface area contributed by atoms with Crippen LogP contribution in [0, 0.1) is 0 Å². The SMILES string of the molecule is O=C1CCC(CNC(=O)[C@H]2CCCCN2)N1. The fraction of sp³-hybridized carbons (Fsp3) is 0.818. The Bertz CT molecular complexity index is 274. The lowest BCUT2D eigenvalue weighted by atomic mass is 10.0. The fourth-order valence-electron chi connectivity index (χ4n) is 2.25. The summed E-state index contributed by atoms with van der Waals surface area (Å²) >= 11 is 0. The van der Waals surface area contributed by atoms with Gasteiger partial charge in [-0.25, -0.2) is 0 Å². The first-order chi connectivity index (χ1) is 7.75. The van der Waals surface area contributed by atoms with Gasteiger partial charge in [0.05, 0.1) is 6.04 Å². The molecule has 2 amide bonds. The molecule has 0 aromatic carbocycles. The normalized spacial score (nSPS) is 29.9. The molecule has 90 valence electrons. The third kappa shape index (κ3) is 2.95. The molecule has 2 heterocycles. The second-order valence-electron chi connectivity index (χ2n) is 4.55. The van der Waals surface area contributed by atoms with E-state index >= 15 is 0 Å². The van der Waals surface area contributed by atoms with Crippen LogP contribution < -0.4 is 16.0 Å². The van der Waals surface area contributed by atoms with E-state index in [-0.39, 0.29) is 23.9 Å². The van der Waals surface area contributed by atoms with Crippen LogP contribution in [0.2, 0.25) is 0 Å². The van der Waals surface area contributed by atoms with Gasteiger partial charge in [-0.05, 0) is 25.8 Å². The predicted molar refractivity (Wildman–Crippen MR) is 59.8 cm³/mol. The number of piperidine rings is 1. The summed E-state index contributed by atoms with van der Waals surface area (Å²) < 4.78 is 0. The fourth-order valence-corrected chi connectivity index (χ4v) is 2.25. The summed E-state index contributed by atoms with van der Waals surface area (Å²) in [6.07, 6.45) is 4.61. The Morgan fingerprint density at radius 2 is 2.25 bits per heavy atom. The molecule has 0 spiro atoms. The molecule has 5 heteroatoms. The first-order valence-corrected chi connectivity index (χ1v) is 6.06. The summed E-state index contributed by atoms with van der Waals surface area (Å²) in [6, 6.07) is 0.0888. The van der Waals surface area contributed by atoms with Crippen LogP contribution in [0.15, 0.2) is 0 Å². The van der Waals surface area contributed by atoms with Crippen LogP contribution in [0.4, 0.5) is 0 Å². The maximum absolute atomic E-state index is 11.8. The topological polar surface area (TPSA) is 70.2 Å². The Kier molecular flexibility index (Phi) is 3.77. The van der Waals surface area contributed by atoms with E-state index in [9.17, 15) is 9.59 Å². The highest BCUT2D eigenvalue weighted by molar-refractivity contribution is 5.82. The maximum atomic E-state index is 11.8. The van der Waals surface area contributed by atoms with E-state index < -0.39 is 0 Å². The maximum Gasteiger partial charge on any atom is 0.237 e. The van der Waals surface area contributed by atoms with Gasteiger partial charge in [0.25, 0.3) is 0 Å². The van der Waals surface area contributed by atoms with Crippen molar-refractivity contribution in [2.75, 3.05) is 13.1 Å². The van der Waals surface area contributed by atoms with Crippen molar-refractivity contribution in [1.82, 2.24) is 16.0 Å². The van der Waals surface area contributed by atoms with Crippen LogP contribution in [0.1, 0.15) is 32.1 Å². The average Bonchev–Trinajstić information content (AvgIpc) is 2.73. The molecule has 2 saturated heterocycles. The molecule has 2 rings (SSSR count). The molecule has 0 saturated carbocycles. The molecule has 2 aliphatic heterocycles. The molecule has 0 aliphatic carbocycles. The van der Waals surface area contributed by atoms with E-state index in [2.05, 4.69) is 16.0 Å². The zero-order valence-electron chi connectivity index (χ0n) is 9.42. The van der Waals surface area contributed by atoms with E-state index in [4.69, 9.17) is 0 Å². The molecule has 16 heavy (non-hydrogen) atoms. The van der Waals surface area contributed by atoms with Gasteiger partial charge in [0.1, 0.15) is 0 Å². The van der Waals surface area contributed by atoms with Crippen molar-refractivity contribution in [2.24, 2.45) is 0 Å². The minimum Gasteiger partial charge on any atom is -0.353 e. The number of hydrogen-bond donors (Lipinski definition) is 3. The molecule has 0 aromatic heterocycles. The van der Waals surface area contributed by atoms with Crippen LogP contribution in [-0.2, 0) is 9.59 Å². The van der Waals surface area contributed by atoms with Crippen molar-refractivity contribution in [1.29, 1.82) is 0 Å². The van der Waals surface area contributed by atoms with Gasteiger partial charge < -0.3 is 16.0 Å². The van der Waals surface area contributed by atoms with Crippen LogP contribution in [0.25, 0.3) is 0 Å². The van der Waals surface area contributed by atoms with Crippen molar-refractivity contribution in [3.63, 3.8) is 0 Å². The molecule has 0 bridgehead atoms. The molecule has 0 aromatic rings. The van der Waals surface area contributed by atoms with Crippen molar-refractivity contribution >= 4 is 11.8 Å². The predicted octanol–water partition coefficient (Wildman–Crippen LogP) is -0.477. The third-order valence-corrected chi connectivity index (χ3v) is 3.23. The summed E-state index contributed by atoms with van der Waals surface area (Å²) in [5.41, 5.74) is 0. The molecule has 1 unspecified atom stereocenters. The van der Waals surface area contributed by atoms with Crippen molar-refractivity contribution < 1.29 is 9.59 Å². The van der Waals surface area contributed by atoms with E-state index in [0.717, 1.165) is 32.2 Å². The van der Waals surface area contributed by atoms with Crippen molar-refractivity contribution in [2.45, 2.75) is 44.2 Å². The highest BCUT2D eigenvalue weighted by atomic mass is 16.2. The Hall–Kier alpha value is -1.10. The van der Waals surface area contributed by atoms with E-state index in [0.29, 0.717) is 13.0 Å². The minimum atomic E-state index is -0.0362. The van der Waals surface area contributed by atoms with Crippen molar-refractivity contribution in [3.05, 3.63) is 0 Å². The molecular weight excluding hydrogens is 206 g/mol. The third-order valence-electron chi connectivity index (χ3n) is 3.23. The largest absolute Gasteiger partial charge is 0.353 e. The van der Waals surface area contributed by atoms with Gasteiger partial charge in [-0.15, -0.1) is 0 Å². The number of carbonyl (C=O) groups excluding carboxylic acids is 2. The second-order valence-corrected chi connectivity index (χ2v) is 4.55. The molecule has 3 N–H and O–H groups in total. The van der Waals surface area contributed by atoms with Gasteiger partial charge in [-0.1, -0.05) is 6.42 Å². The van der Waals surface area contributed by atoms with Crippen molar-refractivity contribution in [3.8, 4) is 0 Å². The highest BCUT2D eigenvalue weighted by Gasteiger charge is 2.24. The van der Waals surface area contributed by atoms with E-state index in [1.807, 2.05) is 0 Å². The smallest absolute Gasteiger partial charge is 0.237 e. The van der Waals surface area contributed by atoms with Gasteiger partial charge in [0.2, 0.25) is 11.8 Å². The summed E-state index contributed by atoms with van der Waals surface area (Å²) in [5, 5.41) is 8.94. The number of nitrogens with one attached hydrogen (secondary N) is 3. The van der Waals surface area contributed by atoms with Crippen LogP contribution in [-0.4, -0.2) is 37.0 Å². The average molecular weight is 225 g/mol. The number of carbonyl (C=O) groups is 2. The molecule has 2 aliphatic rings. The lowest BCUT2D eigenvalue weighted by Crippen LogP contribution is -2.49. The molecule has 2 fully saturated rings. The van der Waals surface area contributed by atoms with Gasteiger partial charge in [-0.3, -0.25) is 9.59 Å². The molecule has 5 nitrogen and oxygen atoms in total. The lowest BCUT2D eigenvalue weighted by Gasteiger charge is -2.23. The standard InChI is InChI=1S/C11H19N3O2/c15-10-5-4-8(14-10)7-13-11(16)9-3-1-2-6-12-9/h8-9,12H,1-7H2,(H,13,16)(H,14,15)/t8?,9-/m1/s1. The number of amides is 2. The van der Waals surface area contributed by atoms with Crippen LogP contribution in [0.3, 0.4) is 0 Å². The summed E-state index contributed by atoms with van der Waals surface area (Å²) in [7, 11) is 0. The van der Waals surface area contributed by atoms with Gasteiger partial charge >= 0.3 is 0 Å². The Morgan fingerprint density at radius 1 is 1.38 bits per heavy atom. The monoisotopic (exact) mass is 225 g/mol.